The highest BCUT2D eigenvalue weighted by Crippen LogP contribution is 2.29. The molecule has 1 aromatic heterocycles. The fourth-order valence-corrected chi connectivity index (χ4v) is 4.67. The van der Waals surface area contributed by atoms with E-state index in [4.69, 9.17) is 0 Å². The van der Waals surface area contributed by atoms with Crippen molar-refractivity contribution in [1.29, 1.82) is 0 Å². The molecule has 25 heavy (non-hydrogen) atoms. The maximum atomic E-state index is 12.5. The highest BCUT2D eigenvalue weighted by molar-refractivity contribution is 7.10. The van der Waals surface area contributed by atoms with Crippen LogP contribution >= 0.6 is 11.3 Å². The lowest BCUT2D eigenvalue weighted by atomic mass is 9.78. The van der Waals surface area contributed by atoms with E-state index in [1.165, 1.54) is 23.3 Å². The van der Waals surface area contributed by atoms with Gasteiger partial charge in [-0.2, -0.15) is 0 Å². The molecule has 1 saturated carbocycles. The van der Waals surface area contributed by atoms with Crippen LogP contribution in [-0.4, -0.2) is 18.5 Å². The fraction of sp³-hybridized carbons (Fsp3) is 0.476. The average Bonchev–Trinajstić information content (AvgIpc) is 3.14. The monoisotopic (exact) mass is 357 g/mol. The third-order valence-corrected chi connectivity index (χ3v) is 6.56. The third-order valence-electron chi connectivity index (χ3n) is 5.60. The molecular weight excluding hydrogens is 328 g/mol. The van der Waals surface area contributed by atoms with Gasteiger partial charge in [0.2, 0.25) is 0 Å². The number of carbonyl (C=O) groups is 1. The minimum absolute atomic E-state index is 0.156. The minimum atomic E-state index is 0.156. The molecule has 0 spiro atoms. The average molecular weight is 358 g/mol. The Kier molecular flexibility index (Phi) is 6.27. The molecule has 0 aliphatic heterocycles. The number of hydrogen-bond donors (Lipinski definition) is 2. The molecule has 3 rings (SSSR count). The number of rotatable bonds is 6. The molecule has 1 aliphatic carbocycles. The predicted octanol–water partition coefficient (Wildman–Crippen LogP) is 3.34. The van der Waals surface area contributed by atoms with Crippen molar-refractivity contribution < 1.29 is 10.1 Å². The van der Waals surface area contributed by atoms with Gasteiger partial charge in [-0.3, -0.25) is 4.79 Å². The van der Waals surface area contributed by atoms with Gasteiger partial charge in [0.15, 0.2) is 6.54 Å². The smallest absolute Gasteiger partial charge is 0.275 e. The topological polar surface area (TPSA) is 45.7 Å². The molecular formula is C21H29N2OS+. The van der Waals surface area contributed by atoms with Crippen molar-refractivity contribution in [2.24, 2.45) is 11.8 Å². The molecule has 4 heteroatoms. The van der Waals surface area contributed by atoms with E-state index < -0.39 is 0 Å². The van der Waals surface area contributed by atoms with Crippen LogP contribution in [0.3, 0.4) is 0 Å². The zero-order chi connectivity index (χ0) is 17.6. The Balaban J connectivity index is 1.60. The molecule has 1 aliphatic rings. The highest BCUT2D eigenvalue weighted by atomic mass is 32.1. The second-order valence-electron chi connectivity index (χ2n) is 7.28. The van der Waals surface area contributed by atoms with Gasteiger partial charge in [-0.15, -0.1) is 11.3 Å². The summed E-state index contributed by atoms with van der Waals surface area (Å²) in [6.07, 6.45) is 3.63. The number of nitrogens with one attached hydrogen (secondary N) is 1. The van der Waals surface area contributed by atoms with Gasteiger partial charge < -0.3 is 10.6 Å². The van der Waals surface area contributed by atoms with Crippen molar-refractivity contribution in [3.63, 3.8) is 0 Å². The van der Waals surface area contributed by atoms with E-state index in [-0.39, 0.29) is 11.9 Å². The second kappa shape index (κ2) is 8.63. The summed E-state index contributed by atoms with van der Waals surface area (Å²) in [7, 11) is 0. The van der Waals surface area contributed by atoms with Crippen LogP contribution in [0, 0.1) is 11.8 Å². The lowest BCUT2D eigenvalue weighted by Crippen LogP contribution is -2.87. The number of benzene rings is 1. The highest BCUT2D eigenvalue weighted by Gasteiger charge is 2.29. The Hall–Kier alpha value is -1.65. The van der Waals surface area contributed by atoms with Crippen LogP contribution in [-0.2, 0) is 4.79 Å². The van der Waals surface area contributed by atoms with Crippen LogP contribution in [0.25, 0.3) is 0 Å². The van der Waals surface area contributed by atoms with Gasteiger partial charge in [0.1, 0.15) is 6.04 Å². The van der Waals surface area contributed by atoms with Crippen LogP contribution < -0.4 is 10.6 Å². The first-order chi connectivity index (χ1) is 12.1. The predicted molar refractivity (Wildman–Crippen MR) is 104 cm³/mol. The summed E-state index contributed by atoms with van der Waals surface area (Å²) in [6, 6.07) is 15.2. The van der Waals surface area contributed by atoms with Crippen molar-refractivity contribution in [2.75, 3.05) is 6.54 Å². The number of quaternary nitrogens is 1. The fourth-order valence-electron chi connectivity index (χ4n) is 3.82. The summed E-state index contributed by atoms with van der Waals surface area (Å²) >= 11 is 1.75. The van der Waals surface area contributed by atoms with Gasteiger partial charge >= 0.3 is 0 Å². The molecule has 3 nitrogen and oxygen atoms in total. The van der Waals surface area contributed by atoms with Gasteiger partial charge in [-0.25, -0.2) is 0 Å². The first-order valence-electron chi connectivity index (χ1n) is 9.36. The van der Waals surface area contributed by atoms with Crippen molar-refractivity contribution in [2.45, 2.75) is 45.2 Å². The summed E-state index contributed by atoms with van der Waals surface area (Å²) < 4.78 is 0. The van der Waals surface area contributed by atoms with Crippen LogP contribution in [0.15, 0.2) is 47.8 Å². The van der Waals surface area contributed by atoms with Crippen molar-refractivity contribution >= 4 is 17.2 Å². The second-order valence-corrected chi connectivity index (χ2v) is 8.26. The quantitative estimate of drug-likeness (QED) is 0.818. The lowest BCUT2D eigenvalue weighted by Gasteiger charge is -2.34. The molecule has 1 amide bonds. The first kappa shape index (κ1) is 18.2. The molecule has 1 aromatic carbocycles. The standard InChI is InChI=1S/C21H28N2OS/c1-15-8-6-11-18(16(15)2)23-20(24)14-22-21(19-12-7-13-25-19)17-9-4-3-5-10-17/h3-5,7,9-10,12-13,15-16,18,21-22H,6,8,11,14H2,1-2H3,(H,23,24)/p+1/t15-,16+,18+,21-/m0/s1. The van der Waals surface area contributed by atoms with E-state index in [1.807, 2.05) is 6.07 Å². The maximum absolute atomic E-state index is 12.5. The van der Waals surface area contributed by atoms with Crippen molar-refractivity contribution in [3.8, 4) is 0 Å². The molecule has 0 unspecified atom stereocenters. The molecule has 1 heterocycles. The van der Waals surface area contributed by atoms with Crippen molar-refractivity contribution in [1.82, 2.24) is 5.32 Å². The number of amides is 1. The summed E-state index contributed by atoms with van der Waals surface area (Å²) in [5, 5.41) is 7.55. The Morgan fingerprint density at radius 2 is 2.00 bits per heavy atom. The van der Waals surface area contributed by atoms with E-state index in [1.54, 1.807) is 11.3 Å². The van der Waals surface area contributed by atoms with Gasteiger partial charge in [0.05, 0.1) is 4.88 Å². The summed E-state index contributed by atoms with van der Waals surface area (Å²) in [5.41, 5.74) is 1.25. The SMILES string of the molecule is C[C@@H]1[C@@H](C)CCC[C@H]1NC(=O)C[NH2+][C@@H](c1ccccc1)c1cccs1. The number of hydrogen-bond acceptors (Lipinski definition) is 2. The van der Waals surface area contributed by atoms with Gasteiger partial charge in [0.25, 0.3) is 5.91 Å². The van der Waals surface area contributed by atoms with Crippen LogP contribution in [0.1, 0.15) is 49.6 Å². The van der Waals surface area contributed by atoms with Gasteiger partial charge in [-0.1, -0.05) is 63.1 Å². The third kappa shape index (κ3) is 4.71. The Bertz CT molecular complexity index is 656. The zero-order valence-corrected chi connectivity index (χ0v) is 16.0. The molecule has 0 radical (unpaired) electrons. The van der Waals surface area contributed by atoms with Crippen LogP contribution in [0.2, 0.25) is 0 Å². The van der Waals surface area contributed by atoms with Gasteiger partial charge in [0, 0.05) is 11.6 Å². The lowest BCUT2D eigenvalue weighted by molar-refractivity contribution is -0.676. The normalized spacial score (nSPS) is 24.6. The van der Waals surface area contributed by atoms with Gasteiger partial charge in [-0.05, 0) is 29.7 Å². The van der Waals surface area contributed by atoms with E-state index in [0.29, 0.717) is 24.4 Å². The van der Waals surface area contributed by atoms with E-state index >= 15 is 0 Å². The molecule has 1 fully saturated rings. The Morgan fingerprint density at radius 3 is 2.72 bits per heavy atom. The van der Waals surface area contributed by atoms with Crippen LogP contribution in [0.5, 0.6) is 0 Å². The number of carbonyl (C=O) groups excluding carboxylic acids is 1. The molecule has 3 N–H and O–H groups in total. The Labute approximate surface area is 154 Å². The Morgan fingerprint density at radius 1 is 1.20 bits per heavy atom. The van der Waals surface area contributed by atoms with Crippen molar-refractivity contribution in [3.05, 3.63) is 58.3 Å². The van der Waals surface area contributed by atoms with E-state index in [0.717, 1.165) is 6.42 Å². The largest absolute Gasteiger partial charge is 0.348 e. The summed E-state index contributed by atoms with van der Waals surface area (Å²) in [4.78, 5) is 13.8. The molecule has 0 saturated heterocycles. The summed E-state index contributed by atoms with van der Waals surface area (Å²) in [5.74, 6) is 1.43. The molecule has 4 atom stereocenters. The number of thiophene rings is 1. The first-order valence-corrected chi connectivity index (χ1v) is 10.2. The minimum Gasteiger partial charge on any atom is -0.348 e. The molecule has 0 bridgehead atoms. The molecule has 2 aromatic rings. The van der Waals surface area contributed by atoms with E-state index in [2.05, 4.69) is 66.3 Å². The zero-order valence-electron chi connectivity index (χ0n) is 15.2. The number of nitrogens with two attached hydrogens (primary N) is 1. The van der Waals surface area contributed by atoms with E-state index in [9.17, 15) is 4.79 Å². The summed E-state index contributed by atoms with van der Waals surface area (Å²) in [6.45, 7) is 5.04. The van der Waals surface area contributed by atoms with Crippen LogP contribution in [0.4, 0.5) is 0 Å². The maximum Gasteiger partial charge on any atom is 0.275 e. The molecule has 134 valence electrons.